The average molecular weight is 205 g/mol. The number of hydrogen-bond donors (Lipinski definition) is 1. The van der Waals surface area contributed by atoms with E-state index in [1.807, 2.05) is 44.2 Å². The Morgan fingerprint density at radius 1 is 1.40 bits per heavy atom. The lowest BCUT2D eigenvalue weighted by molar-refractivity contribution is 0.223. The zero-order valence-corrected chi connectivity index (χ0v) is 9.23. The fourth-order valence-electron chi connectivity index (χ4n) is 1.25. The topological polar surface area (TPSA) is 32.3 Å². The Hall–Kier alpha value is -1.51. The molecular formula is C12H17N2O. The van der Waals surface area contributed by atoms with Crippen LogP contribution in [0.4, 0.5) is 10.5 Å². The molecule has 15 heavy (non-hydrogen) atoms. The average Bonchev–Trinajstić information content (AvgIpc) is 2.18. The Kier molecular flexibility index (Phi) is 4.16. The summed E-state index contributed by atoms with van der Waals surface area (Å²) in [5.74, 6) is 0.420. The Labute approximate surface area is 91.1 Å². The number of nitrogens with zero attached hydrogens (tertiary/aromatic N) is 1. The lowest BCUT2D eigenvalue weighted by Gasteiger charge is -2.19. The van der Waals surface area contributed by atoms with Gasteiger partial charge in [-0.05, 0) is 18.1 Å². The van der Waals surface area contributed by atoms with Gasteiger partial charge in [0.15, 0.2) is 0 Å². The Bertz CT molecular complexity index is 309. The zero-order valence-electron chi connectivity index (χ0n) is 9.23. The molecule has 3 heteroatoms. The maximum Gasteiger partial charge on any atom is 0.321 e. The zero-order chi connectivity index (χ0) is 11.3. The summed E-state index contributed by atoms with van der Waals surface area (Å²) in [6, 6.07) is 9.19. The van der Waals surface area contributed by atoms with Gasteiger partial charge in [0.1, 0.15) is 0 Å². The van der Waals surface area contributed by atoms with Gasteiger partial charge in [-0.25, -0.2) is 4.79 Å². The number of anilines is 1. The van der Waals surface area contributed by atoms with Crippen molar-refractivity contribution in [1.29, 1.82) is 0 Å². The van der Waals surface area contributed by atoms with Gasteiger partial charge in [-0.15, -0.1) is 0 Å². The monoisotopic (exact) mass is 205 g/mol. The number of amides is 2. The van der Waals surface area contributed by atoms with Crippen LogP contribution in [0.2, 0.25) is 0 Å². The third-order valence-electron chi connectivity index (χ3n) is 1.90. The van der Waals surface area contributed by atoms with Crippen LogP contribution in [-0.2, 0) is 0 Å². The Balaban J connectivity index is 2.49. The summed E-state index contributed by atoms with van der Waals surface area (Å²) in [6.07, 6.45) is 0. The van der Waals surface area contributed by atoms with E-state index in [2.05, 4.69) is 12.4 Å². The van der Waals surface area contributed by atoms with Crippen molar-refractivity contribution in [3.63, 3.8) is 0 Å². The Morgan fingerprint density at radius 3 is 2.53 bits per heavy atom. The Morgan fingerprint density at radius 2 is 2.00 bits per heavy atom. The molecule has 3 nitrogen and oxygen atoms in total. The summed E-state index contributed by atoms with van der Waals surface area (Å²) in [6.45, 7) is 4.75. The highest BCUT2D eigenvalue weighted by molar-refractivity contribution is 5.89. The minimum atomic E-state index is -0.171. The summed E-state index contributed by atoms with van der Waals surface area (Å²) in [4.78, 5) is 13.0. The quantitative estimate of drug-likeness (QED) is 0.808. The first kappa shape index (κ1) is 11.6. The molecule has 81 valence electrons. The minimum Gasteiger partial charge on any atom is -0.323 e. The molecule has 0 aromatic heterocycles. The number of carbonyl (C=O) groups excluding carboxylic acids is 1. The van der Waals surface area contributed by atoms with Gasteiger partial charge in [-0.3, -0.25) is 0 Å². The first-order valence-electron chi connectivity index (χ1n) is 5.03. The van der Waals surface area contributed by atoms with Gasteiger partial charge in [-0.2, -0.15) is 0 Å². The maximum absolute atomic E-state index is 11.6. The minimum absolute atomic E-state index is 0.171. The number of hydrogen-bond acceptors (Lipinski definition) is 1. The molecule has 1 aromatic carbocycles. The summed E-state index contributed by atoms with van der Waals surface area (Å²) < 4.78 is 0. The van der Waals surface area contributed by atoms with Crippen LogP contribution in [0, 0.1) is 13.0 Å². The smallest absolute Gasteiger partial charge is 0.321 e. The van der Waals surface area contributed by atoms with Gasteiger partial charge in [0, 0.05) is 19.3 Å². The van der Waals surface area contributed by atoms with E-state index in [9.17, 15) is 4.79 Å². The van der Waals surface area contributed by atoms with Gasteiger partial charge < -0.3 is 10.2 Å². The van der Waals surface area contributed by atoms with Crippen molar-refractivity contribution >= 4 is 11.7 Å². The number of nitrogens with one attached hydrogen (secondary N) is 1. The third kappa shape index (κ3) is 4.02. The lowest BCUT2D eigenvalue weighted by Crippen LogP contribution is -2.32. The van der Waals surface area contributed by atoms with E-state index in [0.717, 1.165) is 5.69 Å². The third-order valence-corrected chi connectivity index (χ3v) is 1.90. The number of para-hydroxylation sites is 1. The standard InChI is InChI=1S/C12H17N2O/c1-10(2)9-14(3)12(15)13-11-7-5-4-6-8-11/h4-8,10H,3,9H2,1-2H3,(H,13,15). The van der Waals surface area contributed by atoms with Crippen molar-refractivity contribution in [1.82, 2.24) is 4.90 Å². The van der Waals surface area contributed by atoms with Crippen molar-refractivity contribution < 1.29 is 4.79 Å². The van der Waals surface area contributed by atoms with Gasteiger partial charge >= 0.3 is 6.03 Å². The number of rotatable bonds is 3. The van der Waals surface area contributed by atoms with Crippen molar-refractivity contribution in [3.05, 3.63) is 37.4 Å². The molecular weight excluding hydrogens is 188 g/mol. The highest BCUT2D eigenvalue weighted by Gasteiger charge is 2.09. The van der Waals surface area contributed by atoms with Gasteiger partial charge in [0.25, 0.3) is 0 Å². The molecule has 0 spiro atoms. The molecule has 0 fully saturated rings. The maximum atomic E-state index is 11.6. The van der Waals surface area contributed by atoms with E-state index >= 15 is 0 Å². The molecule has 0 aliphatic carbocycles. The first-order valence-corrected chi connectivity index (χ1v) is 5.03. The molecule has 0 bridgehead atoms. The second-order valence-electron chi connectivity index (χ2n) is 3.91. The molecule has 0 saturated heterocycles. The molecule has 1 N–H and O–H groups in total. The molecule has 0 saturated carbocycles. The van der Waals surface area contributed by atoms with Crippen LogP contribution in [0.5, 0.6) is 0 Å². The predicted molar refractivity (Wildman–Crippen MR) is 62.4 cm³/mol. The molecule has 0 aliphatic heterocycles. The lowest BCUT2D eigenvalue weighted by atomic mass is 10.2. The van der Waals surface area contributed by atoms with E-state index in [1.54, 1.807) is 0 Å². The fraction of sp³-hybridized carbons (Fsp3) is 0.333. The van der Waals surface area contributed by atoms with Crippen LogP contribution in [0.1, 0.15) is 13.8 Å². The van der Waals surface area contributed by atoms with E-state index in [-0.39, 0.29) is 6.03 Å². The van der Waals surface area contributed by atoms with E-state index in [0.29, 0.717) is 12.5 Å². The largest absolute Gasteiger partial charge is 0.323 e. The van der Waals surface area contributed by atoms with Crippen LogP contribution in [-0.4, -0.2) is 17.5 Å². The van der Waals surface area contributed by atoms with E-state index in [4.69, 9.17) is 0 Å². The van der Waals surface area contributed by atoms with Crippen LogP contribution in [0.3, 0.4) is 0 Å². The summed E-state index contributed by atoms with van der Waals surface area (Å²) in [5, 5.41) is 2.77. The molecule has 0 unspecified atom stereocenters. The van der Waals surface area contributed by atoms with Crippen molar-refractivity contribution in [3.8, 4) is 0 Å². The fourth-order valence-corrected chi connectivity index (χ4v) is 1.25. The molecule has 2 amide bonds. The number of carbonyl (C=O) groups is 1. The van der Waals surface area contributed by atoms with Crippen LogP contribution < -0.4 is 5.32 Å². The summed E-state index contributed by atoms with van der Waals surface area (Å²) >= 11 is 0. The summed E-state index contributed by atoms with van der Waals surface area (Å²) in [5.41, 5.74) is 0.792. The van der Waals surface area contributed by atoms with Crippen molar-refractivity contribution in [2.45, 2.75) is 13.8 Å². The van der Waals surface area contributed by atoms with E-state index < -0.39 is 0 Å². The first-order chi connectivity index (χ1) is 7.09. The summed E-state index contributed by atoms with van der Waals surface area (Å²) in [7, 11) is 3.70. The number of benzene rings is 1. The van der Waals surface area contributed by atoms with Gasteiger partial charge in [-0.1, -0.05) is 32.0 Å². The van der Waals surface area contributed by atoms with Crippen LogP contribution >= 0.6 is 0 Å². The van der Waals surface area contributed by atoms with Crippen molar-refractivity contribution in [2.75, 3.05) is 11.9 Å². The molecule has 1 aromatic rings. The highest BCUT2D eigenvalue weighted by Crippen LogP contribution is 2.07. The second-order valence-corrected chi connectivity index (χ2v) is 3.91. The van der Waals surface area contributed by atoms with E-state index in [1.165, 1.54) is 4.90 Å². The van der Waals surface area contributed by atoms with Crippen LogP contribution in [0.25, 0.3) is 0 Å². The normalized spacial score (nSPS) is 10.1. The molecule has 0 atom stereocenters. The highest BCUT2D eigenvalue weighted by atomic mass is 16.2. The molecule has 0 aliphatic rings. The number of urea groups is 1. The molecule has 1 radical (unpaired) electrons. The van der Waals surface area contributed by atoms with Crippen LogP contribution in [0.15, 0.2) is 30.3 Å². The molecule has 0 heterocycles. The molecule has 1 rings (SSSR count). The SMILES string of the molecule is [CH2]N(CC(C)C)C(=O)Nc1ccccc1. The van der Waals surface area contributed by atoms with Gasteiger partial charge in [0.2, 0.25) is 0 Å². The second kappa shape index (κ2) is 5.39. The predicted octanol–water partition coefficient (Wildman–Crippen LogP) is 2.97. The van der Waals surface area contributed by atoms with Gasteiger partial charge in [0.05, 0.1) is 0 Å². The van der Waals surface area contributed by atoms with Crippen molar-refractivity contribution in [2.24, 2.45) is 5.92 Å².